The second kappa shape index (κ2) is 8.32. The van der Waals surface area contributed by atoms with E-state index in [9.17, 15) is 0 Å². The summed E-state index contributed by atoms with van der Waals surface area (Å²) < 4.78 is 12.9. The van der Waals surface area contributed by atoms with Crippen molar-refractivity contribution in [3.8, 4) is 11.5 Å². The van der Waals surface area contributed by atoms with Crippen LogP contribution >= 0.6 is 11.8 Å². The van der Waals surface area contributed by atoms with E-state index in [0.29, 0.717) is 23.8 Å². The number of aromatic nitrogens is 2. The number of hydrogen-bond donors (Lipinski definition) is 3. The van der Waals surface area contributed by atoms with E-state index in [1.165, 1.54) is 17.3 Å². The predicted molar refractivity (Wildman–Crippen MR) is 114 cm³/mol. The molecule has 1 aromatic heterocycles. The van der Waals surface area contributed by atoms with Gasteiger partial charge in [-0.3, -0.25) is 5.41 Å². The molecule has 29 heavy (non-hydrogen) atoms. The summed E-state index contributed by atoms with van der Waals surface area (Å²) in [7, 11) is 0. The number of amidine groups is 1. The molecule has 0 radical (unpaired) electrons. The number of rotatable bonds is 8. The summed E-state index contributed by atoms with van der Waals surface area (Å²) in [5, 5.41) is 11.7. The smallest absolute Gasteiger partial charge is 0.231 e. The summed E-state index contributed by atoms with van der Waals surface area (Å²) in [5.41, 5.74) is 7.41. The summed E-state index contributed by atoms with van der Waals surface area (Å²) in [5.74, 6) is 2.01. The molecule has 0 spiro atoms. The fourth-order valence-electron chi connectivity index (χ4n) is 3.08. The van der Waals surface area contributed by atoms with Crippen molar-refractivity contribution >= 4 is 23.4 Å². The third kappa shape index (κ3) is 4.07. The van der Waals surface area contributed by atoms with Crippen LogP contribution in [0.25, 0.3) is 0 Å². The van der Waals surface area contributed by atoms with E-state index in [4.69, 9.17) is 20.6 Å². The van der Waals surface area contributed by atoms with E-state index >= 15 is 0 Å². The number of aryl methyl sites for hydroxylation is 1. The normalized spacial score (nSPS) is 12.0. The van der Waals surface area contributed by atoms with Gasteiger partial charge < -0.3 is 25.1 Å². The lowest BCUT2D eigenvalue weighted by molar-refractivity contribution is 0.174. The Morgan fingerprint density at radius 2 is 2.03 bits per heavy atom. The Bertz CT molecular complexity index is 1050. The Labute approximate surface area is 173 Å². The molecule has 1 aliphatic rings. The molecule has 0 amide bonds. The van der Waals surface area contributed by atoms with Crippen LogP contribution in [0.5, 0.6) is 11.5 Å². The first kappa shape index (κ1) is 18.9. The maximum absolute atomic E-state index is 7.92. The van der Waals surface area contributed by atoms with Crippen molar-refractivity contribution in [2.75, 3.05) is 12.1 Å². The van der Waals surface area contributed by atoms with Gasteiger partial charge in [0.15, 0.2) is 16.7 Å². The van der Waals surface area contributed by atoms with Gasteiger partial charge in [0.1, 0.15) is 17.3 Å². The fourth-order valence-corrected chi connectivity index (χ4v) is 4.02. The largest absolute Gasteiger partial charge is 0.454 e. The maximum Gasteiger partial charge on any atom is 0.231 e. The molecule has 4 rings (SSSR count). The van der Waals surface area contributed by atoms with Gasteiger partial charge in [-0.15, -0.1) is 0 Å². The SMILES string of the molecule is C=CNc1c(C(=N)N)nc(Sc2ccc3c(c2)OCO3)n1CCc1ccccc1. The third-order valence-electron chi connectivity index (χ3n) is 4.45. The van der Waals surface area contributed by atoms with Crippen molar-refractivity contribution in [1.82, 2.24) is 9.55 Å². The summed E-state index contributed by atoms with van der Waals surface area (Å²) in [6.07, 6.45) is 2.38. The lowest BCUT2D eigenvalue weighted by Crippen LogP contribution is -2.14. The first-order chi connectivity index (χ1) is 14.2. The highest BCUT2D eigenvalue weighted by atomic mass is 32.2. The molecule has 0 fully saturated rings. The summed E-state index contributed by atoms with van der Waals surface area (Å²) in [6, 6.07) is 16.0. The minimum Gasteiger partial charge on any atom is -0.454 e. The van der Waals surface area contributed by atoms with Crippen LogP contribution in [0.4, 0.5) is 5.82 Å². The van der Waals surface area contributed by atoms with Crippen LogP contribution in [0.1, 0.15) is 11.3 Å². The number of nitrogens with two attached hydrogens (primary N) is 1. The van der Waals surface area contributed by atoms with E-state index in [1.54, 1.807) is 6.20 Å². The highest BCUT2D eigenvalue weighted by Gasteiger charge is 2.21. The third-order valence-corrected chi connectivity index (χ3v) is 5.43. The van der Waals surface area contributed by atoms with Crippen molar-refractivity contribution in [1.29, 1.82) is 5.41 Å². The Kier molecular flexibility index (Phi) is 5.44. The van der Waals surface area contributed by atoms with Crippen LogP contribution in [0.2, 0.25) is 0 Å². The van der Waals surface area contributed by atoms with Crippen LogP contribution in [-0.4, -0.2) is 22.2 Å². The summed E-state index contributed by atoms with van der Waals surface area (Å²) in [4.78, 5) is 5.58. The van der Waals surface area contributed by atoms with E-state index in [1.807, 2.05) is 41.0 Å². The number of ether oxygens (including phenoxy) is 2. The lowest BCUT2D eigenvalue weighted by Gasteiger charge is -2.12. The van der Waals surface area contributed by atoms with E-state index < -0.39 is 0 Å². The van der Waals surface area contributed by atoms with E-state index in [0.717, 1.165) is 22.2 Å². The average Bonchev–Trinajstić information content (AvgIpc) is 3.32. The zero-order chi connectivity index (χ0) is 20.2. The number of benzene rings is 2. The monoisotopic (exact) mass is 407 g/mol. The van der Waals surface area contributed by atoms with Gasteiger partial charge in [0, 0.05) is 11.4 Å². The van der Waals surface area contributed by atoms with Crippen LogP contribution in [0, 0.1) is 5.41 Å². The Hall–Kier alpha value is -3.39. The van der Waals surface area contributed by atoms with Crippen LogP contribution in [-0.2, 0) is 13.0 Å². The molecule has 2 heterocycles. The number of imidazole rings is 1. The van der Waals surface area contributed by atoms with Crippen molar-refractivity contribution in [3.05, 3.63) is 72.6 Å². The quantitative estimate of drug-likeness (QED) is 0.388. The molecular weight excluding hydrogens is 386 g/mol. The summed E-state index contributed by atoms with van der Waals surface area (Å²) >= 11 is 1.48. The molecule has 0 bridgehead atoms. The van der Waals surface area contributed by atoms with Crippen molar-refractivity contribution in [3.63, 3.8) is 0 Å². The van der Waals surface area contributed by atoms with Gasteiger partial charge in [-0.1, -0.05) is 48.7 Å². The first-order valence-electron chi connectivity index (χ1n) is 9.09. The molecule has 0 aliphatic carbocycles. The molecule has 0 saturated carbocycles. The molecule has 0 saturated heterocycles. The minimum atomic E-state index is -0.0969. The number of anilines is 1. The lowest BCUT2D eigenvalue weighted by atomic mass is 10.1. The second-order valence-corrected chi connectivity index (χ2v) is 7.40. The van der Waals surface area contributed by atoms with Gasteiger partial charge in [0.25, 0.3) is 0 Å². The van der Waals surface area contributed by atoms with Crippen LogP contribution in [0.3, 0.4) is 0 Å². The highest BCUT2D eigenvalue weighted by molar-refractivity contribution is 7.99. The number of nitrogens with zero attached hydrogens (tertiary/aromatic N) is 2. The van der Waals surface area contributed by atoms with Gasteiger partial charge in [-0.25, -0.2) is 4.98 Å². The number of nitrogens with one attached hydrogen (secondary N) is 2. The number of hydrogen-bond acceptors (Lipinski definition) is 6. The topological polar surface area (TPSA) is 98.2 Å². The maximum atomic E-state index is 7.92. The predicted octanol–water partition coefficient (Wildman–Crippen LogP) is 3.85. The van der Waals surface area contributed by atoms with Crippen molar-refractivity contribution in [2.45, 2.75) is 23.0 Å². The van der Waals surface area contributed by atoms with Crippen molar-refractivity contribution < 1.29 is 9.47 Å². The van der Waals surface area contributed by atoms with E-state index in [-0.39, 0.29) is 12.6 Å². The molecule has 7 nitrogen and oxygen atoms in total. The van der Waals surface area contributed by atoms with Gasteiger partial charge in [-0.2, -0.15) is 0 Å². The molecule has 3 aromatic rings. The first-order valence-corrected chi connectivity index (χ1v) is 9.91. The molecule has 4 N–H and O–H groups in total. The fraction of sp³-hybridized carbons (Fsp3) is 0.143. The molecular formula is C21H21N5O2S. The molecule has 1 aliphatic heterocycles. The van der Waals surface area contributed by atoms with Crippen molar-refractivity contribution in [2.24, 2.45) is 5.73 Å². The molecule has 0 atom stereocenters. The number of fused-ring (bicyclic) bond motifs is 1. The number of nitrogen functional groups attached to an aromatic ring is 1. The standard InChI is InChI=1S/C21H21N5O2S/c1-2-24-20-18(19(22)23)25-21(26(20)11-10-14-6-4-3-5-7-14)29-15-8-9-16-17(12-15)28-13-27-16/h2-9,12,24H,1,10-11,13H2,(H3,22,23). The highest BCUT2D eigenvalue weighted by Crippen LogP contribution is 2.38. The molecule has 2 aromatic carbocycles. The molecule has 0 unspecified atom stereocenters. The Morgan fingerprint density at radius 1 is 1.24 bits per heavy atom. The second-order valence-electron chi connectivity index (χ2n) is 6.36. The zero-order valence-electron chi connectivity index (χ0n) is 15.7. The van der Waals surface area contributed by atoms with Gasteiger partial charge >= 0.3 is 0 Å². The van der Waals surface area contributed by atoms with Crippen LogP contribution in [0.15, 0.2) is 71.4 Å². The van der Waals surface area contributed by atoms with Gasteiger partial charge in [-0.05, 0) is 36.4 Å². The minimum absolute atomic E-state index is 0.0969. The Balaban J connectivity index is 1.68. The molecule has 148 valence electrons. The van der Waals surface area contributed by atoms with E-state index in [2.05, 4.69) is 29.0 Å². The van der Waals surface area contributed by atoms with Gasteiger partial charge in [0.2, 0.25) is 6.79 Å². The molecule has 8 heteroatoms. The Morgan fingerprint density at radius 3 is 2.79 bits per heavy atom. The van der Waals surface area contributed by atoms with Gasteiger partial charge in [0.05, 0.1) is 0 Å². The zero-order valence-corrected chi connectivity index (χ0v) is 16.5. The van der Waals surface area contributed by atoms with Crippen LogP contribution < -0.4 is 20.5 Å². The average molecular weight is 407 g/mol. The summed E-state index contributed by atoms with van der Waals surface area (Å²) in [6.45, 7) is 4.65.